The van der Waals surface area contributed by atoms with Gasteiger partial charge in [0.25, 0.3) is 0 Å². The average molecular weight is 536 g/mol. The molecule has 0 aromatic rings. The van der Waals surface area contributed by atoms with Gasteiger partial charge in [0.1, 0.15) is 0 Å². The molecule has 1 saturated carbocycles. The van der Waals surface area contributed by atoms with Gasteiger partial charge in [0, 0.05) is 0 Å². The Morgan fingerprint density at radius 2 is 1.73 bits per heavy atom. The van der Waals surface area contributed by atoms with Crippen molar-refractivity contribution in [2.75, 3.05) is 13.1 Å². The first-order valence-corrected chi connectivity index (χ1v) is 8.89. The Morgan fingerprint density at radius 1 is 1.18 bits per heavy atom. The molecule has 130 valence electrons. The summed E-state index contributed by atoms with van der Waals surface area (Å²) in [6.07, 6.45) is 10.3. The van der Waals surface area contributed by atoms with Crippen molar-refractivity contribution in [2.24, 2.45) is 17.8 Å². The van der Waals surface area contributed by atoms with Crippen LogP contribution >= 0.6 is 0 Å². The van der Waals surface area contributed by atoms with E-state index in [0.717, 1.165) is 44.2 Å². The maximum absolute atomic E-state index is 10.1. The summed E-state index contributed by atoms with van der Waals surface area (Å²) in [5, 5.41) is 3.20. The first kappa shape index (κ1) is 27.5. The van der Waals surface area contributed by atoms with E-state index in [1.54, 1.807) is 0 Å². The predicted molar refractivity (Wildman–Crippen MR) is 95.1 cm³/mol. The maximum Gasteiger partial charge on any atom is 2.00 e. The Labute approximate surface area is 164 Å². The minimum Gasteiger partial charge on any atom is -0.542 e. The molecule has 0 atom stereocenters. The fourth-order valence-electron chi connectivity index (χ4n) is 2.14. The fourth-order valence-corrected chi connectivity index (χ4v) is 2.14. The van der Waals surface area contributed by atoms with Crippen molar-refractivity contribution in [3.63, 3.8) is 0 Å². The first-order valence-electron chi connectivity index (χ1n) is 8.89. The van der Waals surface area contributed by atoms with E-state index in [-0.39, 0.29) is 37.0 Å². The molecule has 0 bridgehead atoms. The van der Waals surface area contributed by atoms with Crippen molar-refractivity contribution in [1.29, 1.82) is 0 Å². The van der Waals surface area contributed by atoms with Gasteiger partial charge in [0.15, 0.2) is 0 Å². The van der Waals surface area contributed by atoms with E-state index in [2.05, 4.69) is 53.1 Å². The van der Waals surface area contributed by atoms with E-state index in [4.69, 9.17) is 0 Å². The Kier molecular flexibility index (Phi) is 27.1. The second-order valence-corrected chi connectivity index (χ2v) is 6.46. The number of hydrogen-bond donors (Lipinski definition) is 1. The van der Waals surface area contributed by atoms with E-state index in [9.17, 15) is 4.79 Å². The number of carbonyl (C=O) groups excluding carboxylic acids is 1. The fraction of sp³-hybridized carbons (Fsp3) is 0.895. The van der Waals surface area contributed by atoms with Crippen LogP contribution in [0.5, 0.6) is 0 Å². The van der Waals surface area contributed by atoms with Crippen molar-refractivity contribution in [3.8, 4) is 0 Å². The van der Waals surface area contributed by atoms with Crippen molar-refractivity contribution in [2.45, 2.75) is 79.6 Å². The molecule has 0 aromatic carbocycles. The third-order valence-corrected chi connectivity index (χ3v) is 3.64. The molecule has 3 heteroatoms. The monoisotopic (exact) mass is 535 g/mol. The van der Waals surface area contributed by atoms with Crippen LogP contribution < -0.4 is 5.32 Å². The molecular formula is C19H39NOU. The molecule has 0 spiro atoms. The summed E-state index contributed by atoms with van der Waals surface area (Å²) in [6.45, 7) is 17.0. The standard InChI is InChI=1S/C8H13O.C6H13.C5H13N.U/c1-7-2-4-8(6-9)5-3-7;1-4-5-6(2)3;1-3-5-6-4-2;/h7-8H,2-5H2,1H3;6H,1,4-5H2,2-3H3;6H,3-5H2,1-2H3;/q2*-1;;+2. The van der Waals surface area contributed by atoms with Gasteiger partial charge in [0.2, 0.25) is 0 Å². The maximum atomic E-state index is 10.1. The summed E-state index contributed by atoms with van der Waals surface area (Å²) in [7, 11) is 0. The molecule has 0 aromatic heterocycles. The van der Waals surface area contributed by atoms with E-state index < -0.39 is 0 Å². The molecule has 1 aliphatic carbocycles. The number of rotatable bonds is 6. The van der Waals surface area contributed by atoms with Crippen molar-refractivity contribution in [3.05, 3.63) is 6.92 Å². The minimum atomic E-state index is 0. The van der Waals surface area contributed by atoms with Gasteiger partial charge in [-0.25, -0.2) is 0 Å². The topological polar surface area (TPSA) is 29.1 Å². The van der Waals surface area contributed by atoms with Gasteiger partial charge in [-0.1, -0.05) is 66.7 Å². The van der Waals surface area contributed by atoms with E-state index in [1.165, 1.54) is 25.7 Å². The number of nitrogens with one attached hydrogen (secondary N) is 1. The third-order valence-electron chi connectivity index (χ3n) is 3.64. The zero-order valence-electron chi connectivity index (χ0n) is 15.7. The Bertz CT molecular complexity index is 198. The molecule has 0 aliphatic heterocycles. The van der Waals surface area contributed by atoms with Gasteiger partial charge >= 0.3 is 31.1 Å². The summed E-state index contributed by atoms with van der Waals surface area (Å²) >= 11 is 0. The van der Waals surface area contributed by atoms with E-state index in [0.29, 0.717) is 0 Å². The molecule has 0 saturated heterocycles. The van der Waals surface area contributed by atoms with Gasteiger partial charge in [-0.3, -0.25) is 6.29 Å². The molecule has 1 rings (SSSR count). The smallest absolute Gasteiger partial charge is 0.542 e. The first-order chi connectivity index (χ1) is 10.0. The normalized spacial score (nSPS) is 20.0. The Morgan fingerprint density at radius 3 is 1.95 bits per heavy atom. The molecule has 0 radical (unpaired) electrons. The van der Waals surface area contributed by atoms with Gasteiger partial charge < -0.3 is 17.0 Å². The Balaban J connectivity index is -0.000000250. The molecule has 22 heavy (non-hydrogen) atoms. The molecule has 2 nitrogen and oxygen atoms in total. The number of hydrogen-bond acceptors (Lipinski definition) is 2. The minimum absolute atomic E-state index is 0. The summed E-state index contributed by atoms with van der Waals surface area (Å²) in [6, 6.07) is 0. The van der Waals surface area contributed by atoms with Gasteiger partial charge in [-0.2, -0.15) is 6.42 Å². The van der Waals surface area contributed by atoms with Crippen molar-refractivity contribution < 1.29 is 35.9 Å². The quantitative estimate of drug-likeness (QED) is 0.375. The van der Waals surface area contributed by atoms with Crippen LogP contribution in [-0.2, 0) is 4.79 Å². The van der Waals surface area contributed by atoms with Gasteiger partial charge in [-0.05, 0) is 31.3 Å². The van der Waals surface area contributed by atoms with Crippen LogP contribution in [0.4, 0.5) is 0 Å². The van der Waals surface area contributed by atoms with Crippen LogP contribution in [-0.4, -0.2) is 19.4 Å². The SMILES string of the molecule is CC1CCC([C-]=O)CC1.CCCNCC.[CH2-]CCC(C)C.[U+2]. The predicted octanol–water partition coefficient (Wildman–Crippen LogP) is 5.18. The van der Waals surface area contributed by atoms with Gasteiger partial charge in [0.05, 0.1) is 0 Å². The van der Waals surface area contributed by atoms with Crippen molar-refractivity contribution in [1.82, 2.24) is 5.32 Å². The second kappa shape index (κ2) is 21.7. The largest absolute Gasteiger partial charge is 2.00 e. The summed E-state index contributed by atoms with van der Waals surface area (Å²) in [5.74, 6) is 1.94. The van der Waals surface area contributed by atoms with E-state index in [1.807, 2.05) is 0 Å². The summed E-state index contributed by atoms with van der Waals surface area (Å²) < 4.78 is 0. The van der Waals surface area contributed by atoms with Crippen LogP contribution in [0.3, 0.4) is 0 Å². The van der Waals surface area contributed by atoms with Crippen LogP contribution in [0.1, 0.15) is 79.6 Å². The van der Waals surface area contributed by atoms with Crippen LogP contribution in [0, 0.1) is 55.8 Å². The van der Waals surface area contributed by atoms with Crippen LogP contribution in [0.2, 0.25) is 0 Å². The second-order valence-electron chi connectivity index (χ2n) is 6.46. The molecule has 1 N–H and O–H groups in total. The van der Waals surface area contributed by atoms with E-state index >= 15 is 0 Å². The molecular weight excluding hydrogens is 496 g/mol. The molecule has 0 unspecified atom stereocenters. The zero-order chi connectivity index (χ0) is 16.5. The van der Waals surface area contributed by atoms with Gasteiger partial charge in [-0.15, -0.1) is 5.92 Å². The third kappa shape index (κ3) is 23.0. The summed E-state index contributed by atoms with van der Waals surface area (Å²) in [5.41, 5.74) is 0. The molecule has 0 heterocycles. The average Bonchev–Trinajstić information content (AvgIpc) is 2.47. The van der Waals surface area contributed by atoms with Crippen LogP contribution in [0.25, 0.3) is 0 Å². The molecule has 1 fully saturated rings. The molecule has 1 aliphatic rings. The summed E-state index contributed by atoms with van der Waals surface area (Å²) in [4.78, 5) is 10.1. The molecule has 0 amide bonds. The Hall–Kier alpha value is 0.682. The van der Waals surface area contributed by atoms with Crippen molar-refractivity contribution >= 4 is 6.29 Å². The van der Waals surface area contributed by atoms with Crippen LogP contribution in [0.15, 0.2) is 0 Å². The zero-order valence-corrected chi connectivity index (χ0v) is 19.9.